The van der Waals surface area contributed by atoms with Crippen LogP contribution in [0.15, 0.2) is 12.4 Å². The molecule has 116 valence electrons. The van der Waals surface area contributed by atoms with Crippen molar-refractivity contribution < 1.29 is 5.11 Å². The molecule has 0 saturated carbocycles. The van der Waals surface area contributed by atoms with Gasteiger partial charge in [0.25, 0.3) is 0 Å². The van der Waals surface area contributed by atoms with Gasteiger partial charge in [-0.05, 0) is 51.6 Å². The van der Waals surface area contributed by atoms with Gasteiger partial charge in [0.05, 0.1) is 11.9 Å². The van der Waals surface area contributed by atoms with Crippen molar-refractivity contribution in [3.05, 3.63) is 18.1 Å². The van der Waals surface area contributed by atoms with Gasteiger partial charge in [-0.15, -0.1) is 0 Å². The minimum atomic E-state index is 0.253. The molecule has 2 saturated heterocycles. The summed E-state index contributed by atoms with van der Waals surface area (Å²) in [7, 11) is 0. The van der Waals surface area contributed by atoms with Gasteiger partial charge >= 0.3 is 0 Å². The lowest BCUT2D eigenvalue weighted by Crippen LogP contribution is -2.41. The van der Waals surface area contributed by atoms with E-state index in [1.54, 1.807) is 0 Å². The fourth-order valence-corrected chi connectivity index (χ4v) is 3.57. The fourth-order valence-electron chi connectivity index (χ4n) is 3.57. The minimum absolute atomic E-state index is 0.253. The number of nitrogens with one attached hydrogen (secondary N) is 1. The topological polar surface area (TPSA) is 61.3 Å². The number of aromatic nitrogens is 2. The van der Waals surface area contributed by atoms with E-state index in [-0.39, 0.29) is 6.61 Å². The Morgan fingerprint density at radius 1 is 1.19 bits per heavy atom. The van der Waals surface area contributed by atoms with Crippen LogP contribution in [0.1, 0.15) is 50.1 Å². The average Bonchev–Trinajstić information content (AvgIpc) is 2.57. The lowest BCUT2D eigenvalue weighted by atomic mass is 9.95. The molecule has 5 nitrogen and oxygen atoms in total. The van der Waals surface area contributed by atoms with Crippen LogP contribution in [0.25, 0.3) is 0 Å². The first-order chi connectivity index (χ1) is 10.4. The Hall–Kier alpha value is -1.20. The number of piperidine rings is 2. The third-order valence-corrected chi connectivity index (χ3v) is 4.78. The van der Waals surface area contributed by atoms with Crippen molar-refractivity contribution in [3.63, 3.8) is 0 Å². The molecule has 1 aromatic rings. The molecule has 2 aliphatic heterocycles. The lowest BCUT2D eigenvalue weighted by Gasteiger charge is -2.36. The van der Waals surface area contributed by atoms with Gasteiger partial charge in [-0.3, -0.25) is 4.98 Å². The maximum absolute atomic E-state index is 9.27. The monoisotopic (exact) mass is 290 g/mol. The quantitative estimate of drug-likeness (QED) is 0.883. The highest BCUT2D eigenvalue weighted by atomic mass is 16.3. The van der Waals surface area contributed by atoms with E-state index < -0.39 is 0 Å². The molecule has 3 rings (SSSR count). The third-order valence-electron chi connectivity index (χ3n) is 4.78. The molecule has 21 heavy (non-hydrogen) atoms. The van der Waals surface area contributed by atoms with Gasteiger partial charge in [0.2, 0.25) is 0 Å². The summed E-state index contributed by atoms with van der Waals surface area (Å²) in [6.45, 7) is 3.44. The minimum Gasteiger partial charge on any atom is -0.396 e. The molecule has 0 bridgehead atoms. The second-order valence-electron chi connectivity index (χ2n) is 6.18. The third kappa shape index (κ3) is 3.52. The lowest BCUT2D eigenvalue weighted by molar-refractivity contribution is 0.262. The highest BCUT2D eigenvalue weighted by Crippen LogP contribution is 2.28. The first-order valence-corrected chi connectivity index (χ1v) is 8.28. The number of nitrogens with zero attached hydrogens (tertiary/aromatic N) is 3. The number of aliphatic hydroxyl groups is 1. The Kier molecular flexibility index (Phi) is 5.04. The van der Waals surface area contributed by atoms with Gasteiger partial charge in [0, 0.05) is 31.3 Å². The van der Waals surface area contributed by atoms with Crippen LogP contribution in [0.4, 0.5) is 5.82 Å². The number of aliphatic hydroxyl groups excluding tert-OH is 1. The second kappa shape index (κ2) is 7.18. The molecule has 2 aliphatic rings. The molecule has 0 radical (unpaired) electrons. The number of rotatable bonds is 4. The van der Waals surface area contributed by atoms with Gasteiger partial charge in [-0.25, -0.2) is 4.98 Å². The molecule has 5 heteroatoms. The summed E-state index contributed by atoms with van der Waals surface area (Å²) in [5.41, 5.74) is 1.14. The van der Waals surface area contributed by atoms with Crippen LogP contribution < -0.4 is 10.2 Å². The summed E-state index contributed by atoms with van der Waals surface area (Å²) in [6.07, 6.45) is 10.6. The van der Waals surface area contributed by atoms with E-state index in [4.69, 9.17) is 4.98 Å². The average molecular weight is 290 g/mol. The Bertz CT molecular complexity index is 446. The summed E-state index contributed by atoms with van der Waals surface area (Å²) >= 11 is 0. The van der Waals surface area contributed by atoms with Gasteiger partial charge in [-0.1, -0.05) is 0 Å². The van der Waals surface area contributed by atoms with E-state index >= 15 is 0 Å². The van der Waals surface area contributed by atoms with Gasteiger partial charge < -0.3 is 15.3 Å². The summed E-state index contributed by atoms with van der Waals surface area (Å²) in [6, 6.07) is 0.418. The zero-order chi connectivity index (χ0) is 14.5. The Balaban J connectivity index is 1.77. The van der Waals surface area contributed by atoms with Crippen LogP contribution in [0.5, 0.6) is 0 Å². The number of hydrogen-bond donors (Lipinski definition) is 2. The van der Waals surface area contributed by atoms with Gasteiger partial charge in [0.1, 0.15) is 5.82 Å². The van der Waals surface area contributed by atoms with E-state index in [1.807, 2.05) is 12.4 Å². The molecule has 1 atom stereocenters. The van der Waals surface area contributed by atoms with Crippen molar-refractivity contribution >= 4 is 5.82 Å². The molecular formula is C16H26N4O. The fraction of sp³-hybridized carbons (Fsp3) is 0.750. The predicted octanol–water partition coefficient (Wildman–Crippen LogP) is 1.68. The maximum Gasteiger partial charge on any atom is 0.147 e. The van der Waals surface area contributed by atoms with Crippen LogP contribution in [0.3, 0.4) is 0 Å². The molecule has 2 N–H and O–H groups in total. The van der Waals surface area contributed by atoms with Crippen molar-refractivity contribution in [3.8, 4) is 0 Å². The Labute approximate surface area is 126 Å². The van der Waals surface area contributed by atoms with Crippen molar-refractivity contribution in [1.82, 2.24) is 15.3 Å². The van der Waals surface area contributed by atoms with Crippen molar-refractivity contribution in [2.45, 2.75) is 50.5 Å². The standard InChI is InChI=1S/C16H26N4O/c21-10-6-14-3-1-2-9-20(14)16-12-18-11-15(19-16)13-4-7-17-8-5-13/h11-14,17,21H,1-10H2. The Morgan fingerprint density at radius 3 is 2.86 bits per heavy atom. The zero-order valence-electron chi connectivity index (χ0n) is 12.7. The summed E-state index contributed by atoms with van der Waals surface area (Å²) < 4.78 is 0. The molecule has 1 aromatic heterocycles. The second-order valence-corrected chi connectivity index (χ2v) is 6.18. The van der Waals surface area contributed by atoms with E-state index in [0.717, 1.165) is 56.8 Å². The molecule has 2 fully saturated rings. The van der Waals surface area contributed by atoms with Crippen LogP contribution >= 0.6 is 0 Å². The number of anilines is 1. The molecule has 0 spiro atoms. The smallest absolute Gasteiger partial charge is 0.147 e. The predicted molar refractivity (Wildman–Crippen MR) is 83.6 cm³/mol. The highest BCUT2D eigenvalue weighted by molar-refractivity contribution is 5.39. The first kappa shape index (κ1) is 14.7. The van der Waals surface area contributed by atoms with Crippen molar-refractivity contribution in [1.29, 1.82) is 0 Å². The molecule has 0 amide bonds. The van der Waals surface area contributed by atoms with E-state index in [2.05, 4.69) is 15.2 Å². The van der Waals surface area contributed by atoms with Gasteiger partial charge in [0.15, 0.2) is 0 Å². The molecule has 1 unspecified atom stereocenters. The first-order valence-electron chi connectivity index (χ1n) is 8.28. The largest absolute Gasteiger partial charge is 0.396 e. The van der Waals surface area contributed by atoms with Crippen molar-refractivity contribution in [2.75, 3.05) is 31.1 Å². The van der Waals surface area contributed by atoms with Gasteiger partial charge in [-0.2, -0.15) is 0 Å². The van der Waals surface area contributed by atoms with E-state index in [1.165, 1.54) is 12.8 Å². The molecule has 0 aliphatic carbocycles. The van der Waals surface area contributed by atoms with E-state index in [0.29, 0.717) is 12.0 Å². The maximum atomic E-state index is 9.27. The van der Waals surface area contributed by atoms with E-state index in [9.17, 15) is 5.11 Å². The van der Waals surface area contributed by atoms with Crippen molar-refractivity contribution in [2.24, 2.45) is 0 Å². The molecule has 0 aromatic carbocycles. The normalized spacial score (nSPS) is 24.2. The summed E-state index contributed by atoms with van der Waals surface area (Å²) in [5, 5.41) is 12.7. The van der Waals surface area contributed by atoms with Crippen LogP contribution in [-0.4, -0.2) is 47.4 Å². The van der Waals surface area contributed by atoms with Crippen LogP contribution in [0, 0.1) is 0 Å². The van der Waals surface area contributed by atoms with Crippen LogP contribution in [0.2, 0.25) is 0 Å². The summed E-state index contributed by atoms with van der Waals surface area (Å²) in [5.74, 6) is 1.55. The Morgan fingerprint density at radius 2 is 2.05 bits per heavy atom. The summed E-state index contributed by atoms with van der Waals surface area (Å²) in [4.78, 5) is 11.7. The SMILES string of the molecule is OCCC1CCCCN1c1cncc(C2CCNCC2)n1. The highest BCUT2D eigenvalue weighted by Gasteiger charge is 2.24. The van der Waals surface area contributed by atoms with Crippen LogP contribution in [-0.2, 0) is 0 Å². The molecule has 3 heterocycles. The molecular weight excluding hydrogens is 264 g/mol. The number of hydrogen-bond acceptors (Lipinski definition) is 5. The zero-order valence-corrected chi connectivity index (χ0v) is 12.7.